The van der Waals surface area contributed by atoms with Crippen molar-refractivity contribution in [3.8, 4) is 5.75 Å². The van der Waals surface area contributed by atoms with E-state index in [0.717, 1.165) is 5.56 Å². The van der Waals surface area contributed by atoms with Gasteiger partial charge in [0.2, 0.25) is 5.91 Å². The van der Waals surface area contributed by atoms with Gasteiger partial charge in [0.15, 0.2) is 0 Å². The monoisotopic (exact) mass is 385 g/mol. The second-order valence-electron chi connectivity index (χ2n) is 6.74. The summed E-state index contributed by atoms with van der Waals surface area (Å²) in [6.07, 6.45) is 2.92. The molecule has 0 unspecified atom stereocenters. The lowest BCUT2D eigenvalue weighted by Gasteiger charge is -2.15. The lowest BCUT2D eigenvalue weighted by molar-refractivity contribution is -0.124. The predicted octanol–water partition coefficient (Wildman–Crippen LogP) is 3.67. The predicted molar refractivity (Wildman–Crippen MR) is 104 cm³/mol. The molecule has 2 aromatic carbocycles. The zero-order valence-electron chi connectivity index (χ0n) is 15.2. The molecule has 2 atom stereocenters. The number of allylic oxidation sites excluding steroid dienone is 1. The van der Waals surface area contributed by atoms with Crippen LogP contribution in [0.15, 0.2) is 72.1 Å². The SMILES string of the molecule is C=C[C@@H]1C[C@]1(CC)C(=O)NS(=O)(=O)c1cccc(OCc2ccccc2)c1. The number of amides is 1. The van der Waals surface area contributed by atoms with Crippen molar-refractivity contribution in [2.45, 2.75) is 31.3 Å². The van der Waals surface area contributed by atoms with Crippen LogP contribution in [0.1, 0.15) is 25.3 Å². The van der Waals surface area contributed by atoms with Crippen LogP contribution in [0.25, 0.3) is 0 Å². The lowest BCUT2D eigenvalue weighted by atomic mass is 10.00. The van der Waals surface area contributed by atoms with Crippen LogP contribution in [-0.4, -0.2) is 14.3 Å². The molecule has 1 N–H and O–H groups in total. The van der Waals surface area contributed by atoms with Crippen LogP contribution in [0, 0.1) is 11.3 Å². The molecule has 6 heteroatoms. The van der Waals surface area contributed by atoms with Crippen LogP contribution in [-0.2, 0) is 21.4 Å². The topological polar surface area (TPSA) is 72.5 Å². The van der Waals surface area contributed by atoms with Crippen molar-refractivity contribution in [2.75, 3.05) is 0 Å². The molecule has 0 bridgehead atoms. The minimum absolute atomic E-state index is 0.00321. The summed E-state index contributed by atoms with van der Waals surface area (Å²) in [5.41, 5.74) is 0.323. The van der Waals surface area contributed by atoms with E-state index in [1.54, 1.807) is 18.2 Å². The number of sulfonamides is 1. The van der Waals surface area contributed by atoms with Crippen molar-refractivity contribution in [3.05, 3.63) is 72.8 Å². The van der Waals surface area contributed by atoms with Gasteiger partial charge in [0.1, 0.15) is 12.4 Å². The molecule has 2 aromatic rings. The maximum atomic E-state index is 12.6. The lowest BCUT2D eigenvalue weighted by Crippen LogP contribution is -2.37. The zero-order chi connectivity index (χ0) is 19.5. The van der Waals surface area contributed by atoms with Gasteiger partial charge in [0.25, 0.3) is 10.0 Å². The van der Waals surface area contributed by atoms with E-state index in [1.807, 2.05) is 37.3 Å². The molecule has 1 fully saturated rings. The Bertz CT molecular complexity index is 940. The summed E-state index contributed by atoms with van der Waals surface area (Å²) < 4.78 is 33.2. The van der Waals surface area contributed by atoms with Crippen molar-refractivity contribution >= 4 is 15.9 Å². The standard InChI is InChI=1S/C21H23NO4S/c1-3-17-14-21(17,4-2)20(23)22-27(24,25)19-12-8-11-18(13-19)26-15-16-9-6-5-7-10-16/h3,5-13,17H,1,4,14-15H2,2H3,(H,22,23)/t17-,21+/m1/s1. The Morgan fingerprint density at radius 3 is 2.63 bits per heavy atom. The number of carbonyl (C=O) groups is 1. The van der Waals surface area contributed by atoms with Crippen molar-refractivity contribution in [1.82, 2.24) is 4.72 Å². The third-order valence-electron chi connectivity index (χ3n) is 5.09. The van der Waals surface area contributed by atoms with E-state index in [-0.39, 0.29) is 10.8 Å². The highest BCUT2D eigenvalue weighted by atomic mass is 32.2. The Morgan fingerprint density at radius 2 is 2.00 bits per heavy atom. The number of hydrogen-bond acceptors (Lipinski definition) is 4. The summed E-state index contributed by atoms with van der Waals surface area (Å²) in [7, 11) is -3.96. The summed E-state index contributed by atoms with van der Waals surface area (Å²) in [5, 5.41) is 0. The molecule has 1 saturated carbocycles. The third-order valence-corrected chi connectivity index (χ3v) is 6.42. The number of benzene rings is 2. The molecule has 1 aliphatic carbocycles. The quantitative estimate of drug-likeness (QED) is 0.704. The van der Waals surface area contributed by atoms with Gasteiger partial charge in [-0.15, -0.1) is 6.58 Å². The first-order valence-corrected chi connectivity index (χ1v) is 10.4. The second-order valence-corrected chi connectivity index (χ2v) is 8.42. The maximum absolute atomic E-state index is 12.6. The summed E-state index contributed by atoms with van der Waals surface area (Å²) in [6, 6.07) is 15.7. The van der Waals surface area contributed by atoms with E-state index in [4.69, 9.17) is 4.74 Å². The number of hydrogen-bond donors (Lipinski definition) is 1. The molecule has 0 aromatic heterocycles. The van der Waals surface area contributed by atoms with Gasteiger partial charge in [-0.05, 0) is 36.5 Å². The minimum atomic E-state index is -3.96. The Balaban J connectivity index is 1.71. The largest absolute Gasteiger partial charge is 0.489 e. The molecule has 142 valence electrons. The van der Waals surface area contributed by atoms with Crippen LogP contribution in [0.5, 0.6) is 5.75 Å². The molecular weight excluding hydrogens is 362 g/mol. The summed E-state index contributed by atoms with van der Waals surface area (Å²) in [6.45, 7) is 5.93. The fraction of sp³-hybridized carbons (Fsp3) is 0.286. The van der Waals surface area contributed by atoms with Crippen LogP contribution in [0.3, 0.4) is 0 Å². The number of ether oxygens (including phenoxy) is 1. The molecule has 1 amide bonds. The fourth-order valence-electron chi connectivity index (χ4n) is 3.23. The number of carbonyl (C=O) groups excluding carboxylic acids is 1. The number of rotatable bonds is 8. The van der Waals surface area contributed by atoms with Crippen LogP contribution in [0.2, 0.25) is 0 Å². The first kappa shape index (κ1) is 19.2. The average molecular weight is 385 g/mol. The highest BCUT2D eigenvalue weighted by Crippen LogP contribution is 2.56. The van der Waals surface area contributed by atoms with Crippen molar-refractivity contribution in [1.29, 1.82) is 0 Å². The van der Waals surface area contributed by atoms with Gasteiger partial charge in [-0.1, -0.05) is 49.4 Å². The first-order valence-electron chi connectivity index (χ1n) is 8.88. The molecule has 3 rings (SSSR count). The van der Waals surface area contributed by atoms with Crippen LogP contribution in [0.4, 0.5) is 0 Å². The molecule has 5 nitrogen and oxygen atoms in total. The maximum Gasteiger partial charge on any atom is 0.264 e. The van der Waals surface area contributed by atoms with Crippen LogP contribution < -0.4 is 9.46 Å². The van der Waals surface area contributed by atoms with Crippen molar-refractivity contribution in [2.24, 2.45) is 11.3 Å². The highest BCUT2D eigenvalue weighted by molar-refractivity contribution is 7.90. The normalized spacial score (nSPS) is 21.3. The van der Waals surface area contributed by atoms with E-state index in [1.165, 1.54) is 12.1 Å². The molecule has 0 aliphatic heterocycles. The van der Waals surface area contributed by atoms with Crippen molar-refractivity contribution in [3.63, 3.8) is 0 Å². The molecule has 27 heavy (non-hydrogen) atoms. The molecule has 0 radical (unpaired) electrons. The van der Waals surface area contributed by atoms with Gasteiger partial charge in [0, 0.05) is 6.07 Å². The Hall–Kier alpha value is -2.60. The summed E-state index contributed by atoms with van der Waals surface area (Å²) in [4.78, 5) is 12.5. The van der Waals surface area contributed by atoms with Gasteiger partial charge >= 0.3 is 0 Å². The Morgan fingerprint density at radius 1 is 1.26 bits per heavy atom. The first-order chi connectivity index (χ1) is 12.9. The molecule has 1 aliphatic rings. The van der Waals surface area contributed by atoms with E-state index in [0.29, 0.717) is 25.2 Å². The van der Waals surface area contributed by atoms with E-state index in [2.05, 4.69) is 11.3 Å². The molecule has 0 spiro atoms. The van der Waals surface area contributed by atoms with E-state index >= 15 is 0 Å². The van der Waals surface area contributed by atoms with E-state index < -0.39 is 21.3 Å². The van der Waals surface area contributed by atoms with Gasteiger partial charge in [-0.25, -0.2) is 13.1 Å². The molecule has 0 saturated heterocycles. The smallest absolute Gasteiger partial charge is 0.264 e. The molecular formula is C21H23NO4S. The van der Waals surface area contributed by atoms with Gasteiger partial charge in [0.05, 0.1) is 10.3 Å². The summed E-state index contributed by atoms with van der Waals surface area (Å²) >= 11 is 0. The second kappa shape index (κ2) is 7.56. The van der Waals surface area contributed by atoms with Gasteiger partial charge in [-0.2, -0.15) is 0 Å². The number of nitrogens with one attached hydrogen (secondary N) is 1. The Kier molecular flexibility index (Phi) is 5.37. The average Bonchev–Trinajstić information content (AvgIpc) is 3.42. The minimum Gasteiger partial charge on any atom is -0.489 e. The zero-order valence-corrected chi connectivity index (χ0v) is 16.0. The fourth-order valence-corrected chi connectivity index (χ4v) is 4.32. The van der Waals surface area contributed by atoms with Gasteiger partial charge in [-0.3, -0.25) is 4.79 Å². The highest BCUT2D eigenvalue weighted by Gasteiger charge is 2.57. The van der Waals surface area contributed by atoms with Crippen molar-refractivity contribution < 1.29 is 17.9 Å². The summed E-state index contributed by atoms with van der Waals surface area (Å²) in [5.74, 6) is -0.0153. The van der Waals surface area contributed by atoms with Crippen LogP contribution >= 0.6 is 0 Å². The Labute approximate surface area is 160 Å². The van der Waals surface area contributed by atoms with Gasteiger partial charge < -0.3 is 4.74 Å². The third kappa shape index (κ3) is 4.06. The van der Waals surface area contributed by atoms with E-state index in [9.17, 15) is 13.2 Å². The molecule has 0 heterocycles.